The highest BCUT2D eigenvalue weighted by Crippen LogP contribution is 2.42. The molecule has 0 amide bonds. The van der Waals surface area contributed by atoms with Crippen molar-refractivity contribution in [3.05, 3.63) is 17.8 Å². The first-order valence-electron chi connectivity index (χ1n) is 12.2. The standard InChI is InChI=1S/C24H29F4N5O4S/c1-3-35-7-6-29-24-30-12(2)19(20(33-24)31-14-5-4-13(8-14)11-34)21-32-15-9-16(36-22(25)26)17(37-23(27)28)10-18(15)38-21/h9-10,13-14,22-23,34H,3-8,11H2,1-2H3,(H2,29,30,31,33). The number of hydrogen-bond acceptors (Lipinski definition) is 10. The van der Waals surface area contributed by atoms with Crippen molar-refractivity contribution in [1.82, 2.24) is 15.0 Å². The van der Waals surface area contributed by atoms with E-state index in [1.165, 1.54) is 6.07 Å². The molecule has 0 bridgehead atoms. The Morgan fingerprint density at radius 1 is 1.08 bits per heavy atom. The van der Waals surface area contributed by atoms with Crippen LogP contribution in [0, 0.1) is 12.8 Å². The lowest BCUT2D eigenvalue weighted by atomic mass is 10.1. The molecule has 1 aliphatic rings. The molecule has 0 radical (unpaired) electrons. The van der Waals surface area contributed by atoms with Crippen molar-refractivity contribution in [2.24, 2.45) is 5.92 Å². The molecule has 4 rings (SSSR count). The summed E-state index contributed by atoms with van der Waals surface area (Å²) in [6.07, 6.45) is 2.51. The van der Waals surface area contributed by atoms with Crippen molar-refractivity contribution >= 4 is 33.3 Å². The van der Waals surface area contributed by atoms with Gasteiger partial charge in [0.1, 0.15) is 10.8 Å². The fraction of sp³-hybridized carbons (Fsp3) is 0.542. The maximum atomic E-state index is 12.9. The molecule has 2 atom stereocenters. The number of aromatic nitrogens is 3. The summed E-state index contributed by atoms with van der Waals surface area (Å²) in [5, 5.41) is 16.6. The number of ether oxygens (including phenoxy) is 3. The van der Waals surface area contributed by atoms with Gasteiger partial charge < -0.3 is 30.0 Å². The molecule has 2 heterocycles. The Bertz CT molecular complexity index is 1190. The van der Waals surface area contributed by atoms with E-state index in [0.29, 0.717) is 52.5 Å². The average Bonchev–Trinajstić information content (AvgIpc) is 3.47. The van der Waals surface area contributed by atoms with Crippen molar-refractivity contribution < 1.29 is 36.9 Å². The molecular formula is C24H29F4N5O4S. The molecular weight excluding hydrogens is 530 g/mol. The van der Waals surface area contributed by atoms with Gasteiger partial charge in [0.25, 0.3) is 0 Å². The van der Waals surface area contributed by atoms with E-state index in [1.54, 1.807) is 6.92 Å². The van der Waals surface area contributed by atoms with Crippen molar-refractivity contribution in [2.45, 2.75) is 52.4 Å². The number of alkyl halides is 4. The van der Waals surface area contributed by atoms with Crippen LogP contribution in [0.4, 0.5) is 29.3 Å². The Balaban J connectivity index is 1.72. The van der Waals surface area contributed by atoms with E-state index in [2.05, 4.69) is 35.1 Å². The maximum absolute atomic E-state index is 12.9. The third-order valence-corrected chi connectivity index (χ3v) is 7.10. The summed E-state index contributed by atoms with van der Waals surface area (Å²) in [5.74, 6) is 0.0697. The highest BCUT2D eigenvalue weighted by atomic mass is 32.1. The molecule has 14 heteroatoms. The van der Waals surface area contributed by atoms with Crippen LogP contribution in [0.15, 0.2) is 12.1 Å². The molecule has 38 heavy (non-hydrogen) atoms. The Morgan fingerprint density at radius 2 is 1.82 bits per heavy atom. The van der Waals surface area contributed by atoms with E-state index in [9.17, 15) is 22.7 Å². The zero-order valence-corrected chi connectivity index (χ0v) is 21.7. The number of rotatable bonds is 13. The Morgan fingerprint density at radius 3 is 2.47 bits per heavy atom. The number of hydrogen-bond donors (Lipinski definition) is 3. The van der Waals surface area contributed by atoms with E-state index in [-0.39, 0.29) is 24.1 Å². The third kappa shape index (κ3) is 6.91. The first kappa shape index (κ1) is 28.0. The first-order valence-corrected chi connectivity index (χ1v) is 13.0. The molecule has 0 saturated heterocycles. The molecule has 0 spiro atoms. The summed E-state index contributed by atoms with van der Waals surface area (Å²) < 4.78 is 66.2. The summed E-state index contributed by atoms with van der Waals surface area (Å²) >= 11 is 1.16. The van der Waals surface area contributed by atoms with E-state index in [1.807, 2.05) is 6.92 Å². The molecule has 2 aromatic heterocycles. The van der Waals surface area contributed by atoms with Gasteiger partial charge in [-0.05, 0) is 39.0 Å². The predicted octanol–water partition coefficient (Wildman–Crippen LogP) is 5.29. The van der Waals surface area contributed by atoms with Gasteiger partial charge >= 0.3 is 13.2 Å². The van der Waals surface area contributed by atoms with Gasteiger partial charge in [-0.2, -0.15) is 22.5 Å². The van der Waals surface area contributed by atoms with Gasteiger partial charge in [0.15, 0.2) is 11.5 Å². The smallest absolute Gasteiger partial charge is 0.387 e. The molecule has 208 valence electrons. The molecule has 9 nitrogen and oxygen atoms in total. The molecule has 1 fully saturated rings. The van der Waals surface area contributed by atoms with Crippen LogP contribution in [0.2, 0.25) is 0 Å². The van der Waals surface area contributed by atoms with Crippen molar-refractivity contribution in [3.63, 3.8) is 0 Å². The maximum Gasteiger partial charge on any atom is 0.387 e. The van der Waals surface area contributed by atoms with Crippen molar-refractivity contribution in [1.29, 1.82) is 0 Å². The number of anilines is 2. The summed E-state index contributed by atoms with van der Waals surface area (Å²) in [5.41, 5.74) is 1.47. The minimum Gasteiger partial charge on any atom is -0.431 e. The van der Waals surface area contributed by atoms with Gasteiger partial charge in [0.2, 0.25) is 5.95 Å². The van der Waals surface area contributed by atoms with E-state index >= 15 is 0 Å². The number of nitrogens with zero attached hydrogens (tertiary/aromatic N) is 3. The molecule has 3 N–H and O–H groups in total. The predicted molar refractivity (Wildman–Crippen MR) is 135 cm³/mol. The lowest BCUT2D eigenvalue weighted by Crippen LogP contribution is -2.20. The molecule has 1 saturated carbocycles. The van der Waals surface area contributed by atoms with Gasteiger partial charge in [-0.3, -0.25) is 0 Å². The lowest BCUT2D eigenvalue weighted by Gasteiger charge is -2.18. The second-order valence-electron chi connectivity index (χ2n) is 8.73. The normalized spacial score (nSPS) is 17.5. The Kier molecular flexibility index (Phi) is 9.39. The van der Waals surface area contributed by atoms with Crippen LogP contribution >= 0.6 is 11.3 Å². The minimum absolute atomic E-state index is 0.0722. The van der Waals surface area contributed by atoms with Crippen LogP contribution in [-0.4, -0.2) is 65.7 Å². The quantitative estimate of drug-likeness (QED) is 0.190. The molecule has 3 aromatic rings. The monoisotopic (exact) mass is 559 g/mol. The zero-order chi connectivity index (χ0) is 27.2. The number of aliphatic hydroxyl groups is 1. The summed E-state index contributed by atoms with van der Waals surface area (Å²) in [6, 6.07) is 2.42. The van der Waals surface area contributed by atoms with Gasteiger partial charge in [0.05, 0.1) is 28.1 Å². The molecule has 1 aliphatic carbocycles. The van der Waals surface area contributed by atoms with Crippen LogP contribution in [0.5, 0.6) is 11.5 Å². The van der Waals surface area contributed by atoms with E-state index in [0.717, 1.165) is 36.7 Å². The SMILES string of the molecule is CCOCCNc1nc(C)c(-c2nc3cc(OC(F)F)c(OC(F)F)cc3s2)c(NC2CCC(CO)C2)n1. The van der Waals surface area contributed by atoms with Gasteiger partial charge in [-0.25, -0.2) is 9.97 Å². The van der Waals surface area contributed by atoms with Crippen LogP contribution in [-0.2, 0) is 4.74 Å². The number of thiazole rings is 1. The Hall–Kier alpha value is -2.97. The number of aryl methyl sites for hydroxylation is 1. The van der Waals surface area contributed by atoms with Crippen LogP contribution in [0.1, 0.15) is 31.9 Å². The number of benzene rings is 1. The fourth-order valence-corrected chi connectivity index (χ4v) is 5.45. The second kappa shape index (κ2) is 12.7. The van der Waals surface area contributed by atoms with Crippen LogP contribution in [0.25, 0.3) is 20.8 Å². The Labute approximate surface area is 220 Å². The van der Waals surface area contributed by atoms with Gasteiger partial charge in [-0.15, -0.1) is 11.3 Å². The molecule has 0 aliphatic heterocycles. The van der Waals surface area contributed by atoms with Gasteiger partial charge in [0, 0.05) is 37.9 Å². The highest BCUT2D eigenvalue weighted by Gasteiger charge is 2.27. The number of halogens is 4. The van der Waals surface area contributed by atoms with Crippen molar-refractivity contribution in [3.8, 4) is 22.1 Å². The summed E-state index contributed by atoms with van der Waals surface area (Å²) in [4.78, 5) is 13.8. The van der Waals surface area contributed by atoms with Crippen LogP contribution < -0.4 is 20.1 Å². The highest BCUT2D eigenvalue weighted by molar-refractivity contribution is 7.21. The number of nitrogens with one attached hydrogen (secondary N) is 2. The number of fused-ring (bicyclic) bond motifs is 1. The van der Waals surface area contributed by atoms with Crippen molar-refractivity contribution in [2.75, 3.05) is 37.0 Å². The first-order chi connectivity index (χ1) is 18.3. The summed E-state index contributed by atoms with van der Waals surface area (Å²) in [7, 11) is 0. The summed E-state index contributed by atoms with van der Waals surface area (Å²) in [6.45, 7) is -1.06. The van der Waals surface area contributed by atoms with E-state index < -0.39 is 24.7 Å². The largest absolute Gasteiger partial charge is 0.431 e. The number of aliphatic hydroxyl groups excluding tert-OH is 1. The van der Waals surface area contributed by atoms with E-state index in [4.69, 9.17) is 4.74 Å². The van der Waals surface area contributed by atoms with Gasteiger partial charge in [-0.1, -0.05) is 0 Å². The fourth-order valence-electron chi connectivity index (χ4n) is 4.38. The molecule has 2 unspecified atom stereocenters. The van der Waals surface area contributed by atoms with Crippen LogP contribution in [0.3, 0.4) is 0 Å². The average molecular weight is 560 g/mol. The second-order valence-corrected chi connectivity index (χ2v) is 9.76. The third-order valence-electron chi connectivity index (χ3n) is 6.06. The topological polar surface area (TPSA) is 111 Å². The molecule has 1 aromatic carbocycles. The lowest BCUT2D eigenvalue weighted by molar-refractivity contribution is -0.0690. The minimum atomic E-state index is -3.23. The zero-order valence-electron chi connectivity index (χ0n) is 20.8.